The highest BCUT2D eigenvalue weighted by Gasteiger charge is 2.41. The van der Waals surface area contributed by atoms with E-state index < -0.39 is 21.4 Å². The number of nitrogens with zero attached hydrogens (tertiary/aromatic N) is 5. The number of hydrogen-bond donors (Lipinski definition) is 2. The summed E-state index contributed by atoms with van der Waals surface area (Å²) in [5.41, 5.74) is -1.40. The Morgan fingerprint density at radius 1 is 1.53 bits per heavy atom. The van der Waals surface area contributed by atoms with Gasteiger partial charge in [0.15, 0.2) is 11.4 Å². The monoisotopic (exact) mass is 230 g/mol. The lowest BCUT2D eigenvalue weighted by Gasteiger charge is -2.15. The summed E-state index contributed by atoms with van der Waals surface area (Å²) >= 11 is 0. The maximum absolute atomic E-state index is 10.8. The molecular formula is C5H6N6O3S. The van der Waals surface area contributed by atoms with E-state index in [1.165, 1.54) is 12.5 Å². The molecule has 2 rings (SSSR count). The average molecular weight is 230 g/mol. The SMILES string of the molecule is O=S(=O)(O)CC1(c2ncn[nH]2)C=NN=N1. The minimum absolute atomic E-state index is 0.158. The van der Waals surface area contributed by atoms with Crippen molar-refractivity contribution in [3.63, 3.8) is 0 Å². The lowest BCUT2D eigenvalue weighted by molar-refractivity contribution is 0.467. The molecule has 10 heteroatoms. The van der Waals surface area contributed by atoms with Crippen LogP contribution in [0.4, 0.5) is 0 Å². The fraction of sp³-hybridized carbons (Fsp3) is 0.400. The Morgan fingerprint density at radius 2 is 2.33 bits per heavy atom. The Labute approximate surface area is 84.1 Å². The van der Waals surface area contributed by atoms with Gasteiger partial charge in [-0.25, -0.2) is 4.98 Å². The minimum Gasteiger partial charge on any atom is -0.285 e. The van der Waals surface area contributed by atoms with E-state index >= 15 is 0 Å². The molecule has 0 aromatic carbocycles. The van der Waals surface area contributed by atoms with E-state index in [4.69, 9.17) is 4.55 Å². The van der Waals surface area contributed by atoms with E-state index in [1.54, 1.807) is 0 Å². The van der Waals surface area contributed by atoms with E-state index in [0.29, 0.717) is 0 Å². The summed E-state index contributed by atoms with van der Waals surface area (Å²) in [6.07, 6.45) is 2.38. The molecule has 1 aliphatic rings. The average Bonchev–Trinajstić information content (AvgIpc) is 2.68. The van der Waals surface area contributed by atoms with Crippen molar-refractivity contribution < 1.29 is 13.0 Å². The maximum atomic E-state index is 10.8. The summed E-state index contributed by atoms with van der Waals surface area (Å²) in [7, 11) is -4.22. The van der Waals surface area contributed by atoms with E-state index in [9.17, 15) is 8.42 Å². The van der Waals surface area contributed by atoms with Gasteiger partial charge in [-0.2, -0.15) is 13.5 Å². The molecule has 0 fully saturated rings. The first kappa shape index (κ1) is 9.86. The van der Waals surface area contributed by atoms with Crippen molar-refractivity contribution in [2.45, 2.75) is 5.54 Å². The molecule has 2 N–H and O–H groups in total. The molecule has 1 atom stereocenters. The van der Waals surface area contributed by atoms with Crippen LogP contribution >= 0.6 is 0 Å². The predicted molar refractivity (Wildman–Crippen MR) is 47.8 cm³/mol. The largest absolute Gasteiger partial charge is 0.285 e. The topological polar surface area (TPSA) is 133 Å². The Kier molecular flexibility index (Phi) is 2.08. The van der Waals surface area contributed by atoms with Gasteiger partial charge in [-0.15, -0.1) is 10.2 Å². The fourth-order valence-corrected chi connectivity index (χ4v) is 2.01. The van der Waals surface area contributed by atoms with E-state index in [0.717, 1.165) is 0 Å². The summed E-state index contributed by atoms with van der Waals surface area (Å²) in [6.45, 7) is 0. The van der Waals surface area contributed by atoms with Crippen molar-refractivity contribution in [1.82, 2.24) is 15.2 Å². The van der Waals surface area contributed by atoms with E-state index in [1.807, 2.05) is 0 Å². The zero-order chi connectivity index (χ0) is 10.9. The zero-order valence-corrected chi connectivity index (χ0v) is 8.09. The van der Waals surface area contributed by atoms with E-state index in [-0.39, 0.29) is 5.82 Å². The molecule has 1 unspecified atom stereocenters. The van der Waals surface area contributed by atoms with Crippen molar-refractivity contribution >= 4 is 16.3 Å². The van der Waals surface area contributed by atoms with Crippen LogP contribution in [0.2, 0.25) is 0 Å². The molecule has 0 saturated heterocycles. The molecule has 0 amide bonds. The van der Waals surface area contributed by atoms with Gasteiger partial charge in [0.25, 0.3) is 10.1 Å². The molecule has 0 aliphatic carbocycles. The highest BCUT2D eigenvalue weighted by Crippen LogP contribution is 2.26. The second-order valence-corrected chi connectivity index (χ2v) is 4.37. The number of rotatable bonds is 3. The lowest BCUT2D eigenvalue weighted by atomic mass is 10.1. The molecule has 2 heterocycles. The molecule has 80 valence electrons. The van der Waals surface area contributed by atoms with Crippen LogP contribution < -0.4 is 0 Å². The first-order chi connectivity index (χ1) is 7.02. The number of hydrogen-bond acceptors (Lipinski definition) is 7. The Hall–Kier alpha value is -1.68. The summed E-state index contributed by atoms with van der Waals surface area (Å²) in [4.78, 5) is 3.77. The number of aromatic nitrogens is 3. The van der Waals surface area contributed by atoms with Crippen LogP contribution in [0.15, 0.2) is 21.8 Å². The minimum atomic E-state index is -4.22. The fourth-order valence-electron chi connectivity index (χ4n) is 1.19. The van der Waals surface area contributed by atoms with Gasteiger partial charge in [-0.1, -0.05) is 0 Å². The highest BCUT2D eigenvalue weighted by atomic mass is 32.2. The van der Waals surface area contributed by atoms with Crippen LogP contribution in [0, 0.1) is 0 Å². The van der Waals surface area contributed by atoms with Gasteiger partial charge in [0.05, 0.1) is 6.21 Å². The molecule has 1 aromatic rings. The first-order valence-electron chi connectivity index (χ1n) is 3.79. The second-order valence-electron chi connectivity index (χ2n) is 2.92. The smallest absolute Gasteiger partial charge is 0.268 e. The molecule has 1 aliphatic heterocycles. The van der Waals surface area contributed by atoms with Gasteiger partial charge in [-0.05, 0) is 5.22 Å². The third-order valence-electron chi connectivity index (χ3n) is 1.77. The van der Waals surface area contributed by atoms with Crippen molar-refractivity contribution in [2.75, 3.05) is 5.75 Å². The summed E-state index contributed by atoms with van der Waals surface area (Å²) in [5, 5.41) is 16.4. The van der Waals surface area contributed by atoms with Gasteiger partial charge >= 0.3 is 0 Å². The van der Waals surface area contributed by atoms with Crippen LogP contribution in [-0.2, 0) is 15.7 Å². The molecule has 0 radical (unpaired) electrons. The predicted octanol–water partition coefficient (Wildman–Crippen LogP) is -0.661. The molecule has 9 nitrogen and oxygen atoms in total. The van der Waals surface area contributed by atoms with E-state index in [2.05, 4.69) is 30.6 Å². The van der Waals surface area contributed by atoms with Gasteiger partial charge in [0, 0.05) is 0 Å². The van der Waals surface area contributed by atoms with Crippen LogP contribution in [0.5, 0.6) is 0 Å². The third kappa shape index (κ3) is 1.89. The Morgan fingerprint density at radius 3 is 2.80 bits per heavy atom. The number of H-pyrrole nitrogens is 1. The normalized spacial score (nSPS) is 24.9. The third-order valence-corrected chi connectivity index (χ3v) is 2.58. The Bertz CT molecular complexity index is 491. The van der Waals surface area contributed by atoms with Gasteiger partial charge in [0.2, 0.25) is 0 Å². The molecule has 15 heavy (non-hydrogen) atoms. The Balaban J connectivity index is 2.43. The van der Waals surface area contributed by atoms with Gasteiger partial charge < -0.3 is 0 Å². The second kappa shape index (κ2) is 3.17. The van der Waals surface area contributed by atoms with Crippen molar-refractivity contribution in [3.8, 4) is 0 Å². The molecular weight excluding hydrogens is 224 g/mol. The molecule has 0 saturated carbocycles. The first-order valence-corrected chi connectivity index (χ1v) is 5.40. The summed E-state index contributed by atoms with van der Waals surface area (Å²) < 4.78 is 30.4. The van der Waals surface area contributed by atoms with Gasteiger partial charge in [-0.3, -0.25) is 9.65 Å². The lowest BCUT2D eigenvalue weighted by Crippen LogP contribution is -2.34. The number of aromatic amines is 1. The molecule has 0 spiro atoms. The quantitative estimate of drug-likeness (QED) is 0.665. The van der Waals surface area contributed by atoms with Crippen LogP contribution in [0.1, 0.15) is 5.82 Å². The number of nitrogens with one attached hydrogen (secondary N) is 1. The summed E-state index contributed by atoms with van der Waals surface area (Å²) in [6, 6.07) is 0. The van der Waals surface area contributed by atoms with Crippen LogP contribution in [0.25, 0.3) is 0 Å². The van der Waals surface area contributed by atoms with Crippen molar-refractivity contribution in [3.05, 3.63) is 12.2 Å². The highest BCUT2D eigenvalue weighted by molar-refractivity contribution is 7.85. The van der Waals surface area contributed by atoms with Crippen LogP contribution in [-0.4, -0.2) is 40.1 Å². The van der Waals surface area contributed by atoms with Crippen LogP contribution in [0.3, 0.4) is 0 Å². The maximum Gasteiger partial charge on any atom is 0.268 e. The van der Waals surface area contributed by atoms with Crippen molar-refractivity contribution in [1.29, 1.82) is 0 Å². The standard InChI is InChI=1S/C5H6N6O3S/c12-15(13,14)2-5(1-7-11-10-5)4-6-3-8-9-4/h1,3H,2H2,(H,6,8,9)(H,12,13,14). The van der Waals surface area contributed by atoms with Crippen molar-refractivity contribution in [2.24, 2.45) is 15.4 Å². The summed E-state index contributed by atoms with van der Waals surface area (Å²) in [5.74, 6) is -0.521. The van der Waals surface area contributed by atoms with Gasteiger partial charge in [0.1, 0.15) is 12.1 Å². The molecule has 0 bridgehead atoms. The zero-order valence-electron chi connectivity index (χ0n) is 7.27. The molecule has 1 aromatic heterocycles.